The van der Waals surface area contributed by atoms with Crippen LogP contribution in [0.5, 0.6) is 5.75 Å². The fourth-order valence-electron chi connectivity index (χ4n) is 3.17. The predicted octanol–water partition coefficient (Wildman–Crippen LogP) is 3.05. The second-order valence-electron chi connectivity index (χ2n) is 5.84. The molecule has 0 radical (unpaired) electrons. The molecule has 20 heavy (non-hydrogen) atoms. The molecule has 0 aliphatic heterocycles. The molecule has 1 fully saturated rings. The van der Waals surface area contributed by atoms with Gasteiger partial charge < -0.3 is 10.4 Å². The Labute approximate surface area is 120 Å². The summed E-state index contributed by atoms with van der Waals surface area (Å²) in [5.74, 6) is -0.119. The van der Waals surface area contributed by atoms with E-state index in [2.05, 4.69) is 17.3 Å². The van der Waals surface area contributed by atoms with Crippen molar-refractivity contribution in [2.45, 2.75) is 50.7 Å². The van der Waals surface area contributed by atoms with Crippen LogP contribution in [0.25, 0.3) is 0 Å². The van der Waals surface area contributed by atoms with E-state index in [-0.39, 0.29) is 17.6 Å². The molecule has 4 heteroatoms. The van der Waals surface area contributed by atoms with Crippen molar-refractivity contribution in [1.82, 2.24) is 10.2 Å². The van der Waals surface area contributed by atoms with Crippen molar-refractivity contribution in [2.75, 3.05) is 14.1 Å². The molecule has 0 aromatic heterocycles. The standard InChI is InChI=1S/C16H25FN2O/c1-11(15-10-12(17)4-9-16(15)20)19(3)14-7-5-13(18-2)6-8-14/h4,9-11,13-14,18,20H,5-8H2,1-3H3. The third-order valence-electron chi connectivity index (χ3n) is 4.73. The first kappa shape index (κ1) is 15.3. The Morgan fingerprint density at radius 2 is 1.95 bits per heavy atom. The topological polar surface area (TPSA) is 35.5 Å². The normalized spacial score (nSPS) is 24.9. The van der Waals surface area contributed by atoms with Gasteiger partial charge in [0.05, 0.1) is 0 Å². The summed E-state index contributed by atoms with van der Waals surface area (Å²) in [5, 5.41) is 13.3. The first-order valence-corrected chi connectivity index (χ1v) is 7.40. The highest BCUT2D eigenvalue weighted by Gasteiger charge is 2.27. The number of hydrogen-bond donors (Lipinski definition) is 2. The van der Waals surface area contributed by atoms with Crippen molar-refractivity contribution in [2.24, 2.45) is 0 Å². The SMILES string of the molecule is CNC1CCC(N(C)C(C)c2cc(F)ccc2O)CC1. The fraction of sp³-hybridized carbons (Fsp3) is 0.625. The molecule has 2 N–H and O–H groups in total. The summed E-state index contributed by atoms with van der Waals surface area (Å²) in [4.78, 5) is 2.26. The van der Waals surface area contributed by atoms with E-state index in [9.17, 15) is 9.50 Å². The lowest BCUT2D eigenvalue weighted by Gasteiger charge is -2.38. The zero-order valence-corrected chi connectivity index (χ0v) is 12.6. The minimum Gasteiger partial charge on any atom is -0.508 e. The number of phenols is 1. The number of hydrogen-bond acceptors (Lipinski definition) is 3. The molecule has 1 unspecified atom stereocenters. The first-order chi connectivity index (χ1) is 9.52. The van der Waals surface area contributed by atoms with Crippen molar-refractivity contribution in [1.29, 1.82) is 0 Å². The lowest BCUT2D eigenvalue weighted by atomic mass is 9.89. The number of phenolic OH excluding ortho intramolecular Hbond substituents is 1. The third kappa shape index (κ3) is 3.30. The average Bonchev–Trinajstić information content (AvgIpc) is 2.48. The molecule has 0 saturated heterocycles. The van der Waals surface area contributed by atoms with Crippen molar-refractivity contribution in [3.05, 3.63) is 29.6 Å². The molecule has 112 valence electrons. The van der Waals surface area contributed by atoms with Gasteiger partial charge in [-0.3, -0.25) is 4.90 Å². The van der Waals surface area contributed by atoms with Crippen LogP contribution >= 0.6 is 0 Å². The van der Waals surface area contributed by atoms with Gasteiger partial charge in [0.1, 0.15) is 11.6 Å². The summed E-state index contributed by atoms with van der Waals surface area (Å²) in [6.07, 6.45) is 4.63. The van der Waals surface area contributed by atoms with Crippen LogP contribution in [0.2, 0.25) is 0 Å². The van der Waals surface area contributed by atoms with E-state index in [0.717, 1.165) is 12.8 Å². The van der Waals surface area contributed by atoms with E-state index in [4.69, 9.17) is 0 Å². The maximum absolute atomic E-state index is 13.4. The highest BCUT2D eigenvalue weighted by atomic mass is 19.1. The van der Waals surface area contributed by atoms with Crippen molar-refractivity contribution in [3.63, 3.8) is 0 Å². The molecule has 1 aliphatic rings. The van der Waals surface area contributed by atoms with Crippen LogP contribution in [0.1, 0.15) is 44.2 Å². The molecule has 1 aromatic rings. The second-order valence-corrected chi connectivity index (χ2v) is 5.84. The van der Waals surface area contributed by atoms with Gasteiger partial charge in [0, 0.05) is 23.7 Å². The van der Waals surface area contributed by atoms with Crippen LogP contribution in [-0.4, -0.2) is 36.2 Å². The van der Waals surface area contributed by atoms with Gasteiger partial charge in [-0.15, -0.1) is 0 Å². The maximum atomic E-state index is 13.4. The number of halogens is 1. The number of nitrogens with zero attached hydrogens (tertiary/aromatic N) is 1. The molecule has 1 aromatic carbocycles. The Kier molecular flexibility index (Phi) is 5.00. The molecule has 0 bridgehead atoms. The molecule has 1 saturated carbocycles. The Morgan fingerprint density at radius 1 is 1.30 bits per heavy atom. The van der Waals surface area contributed by atoms with Gasteiger partial charge in [-0.05, 0) is 64.9 Å². The number of benzene rings is 1. The van der Waals surface area contributed by atoms with Crippen LogP contribution in [0.15, 0.2) is 18.2 Å². The first-order valence-electron chi connectivity index (χ1n) is 7.40. The Bertz CT molecular complexity index is 444. The molecule has 0 amide bonds. The van der Waals surface area contributed by atoms with Crippen molar-refractivity contribution < 1.29 is 9.50 Å². The van der Waals surface area contributed by atoms with E-state index in [0.29, 0.717) is 17.6 Å². The number of rotatable bonds is 4. The minimum atomic E-state index is -0.294. The van der Waals surface area contributed by atoms with Gasteiger partial charge in [-0.2, -0.15) is 0 Å². The molecular formula is C16H25FN2O. The minimum absolute atomic E-state index is 0.0156. The van der Waals surface area contributed by atoms with E-state index in [1.807, 2.05) is 14.0 Å². The van der Waals surface area contributed by atoms with Crippen molar-refractivity contribution in [3.8, 4) is 5.75 Å². The third-order valence-corrected chi connectivity index (χ3v) is 4.73. The molecule has 2 rings (SSSR count). The fourth-order valence-corrected chi connectivity index (χ4v) is 3.17. The van der Waals surface area contributed by atoms with Crippen LogP contribution in [0.4, 0.5) is 4.39 Å². The highest BCUT2D eigenvalue weighted by molar-refractivity contribution is 5.35. The Balaban J connectivity index is 2.05. The molecule has 0 heterocycles. The summed E-state index contributed by atoms with van der Waals surface area (Å²) < 4.78 is 13.4. The van der Waals surface area contributed by atoms with Crippen molar-refractivity contribution >= 4 is 0 Å². The van der Waals surface area contributed by atoms with Crippen LogP contribution in [0.3, 0.4) is 0 Å². The molecule has 0 spiro atoms. The van der Waals surface area contributed by atoms with Gasteiger partial charge >= 0.3 is 0 Å². The molecule has 1 atom stereocenters. The lowest BCUT2D eigenvalue weighted by Crippen LogP contribution is -2.40. The van der Waals surface area contributed by atoms with Crippen LogP contribution < -0.4 is 5.32 Å². The summed E-state index contributed by atoms with van der Waals surface area (Å²) in [7, 11) is 4.08. The van der Waals surface area contributed by atoms with Crippen LogP contribution in [-0.2, 0) is 0 Å². The van der Waals surface area contributed by atoms with Gasteiger partial charge in [-0.25, -0.2) is 4.39 Å². The zero-order valence-electron chi connectivity index (χ0n) is 12.6. The summed E-state index contributed by atoms with van der Waals surface area (Å²) in [6.45, 7) is 2.03. The lowest BCUT2D eigenvalue weighted by molar-refractivity contribution is 0.134. The summed E-state index contributed by atoms with van der Waals surface area (Å²) in [6, 6.07) is 5.31. The van der Waals surface area contributed by atoms with Crippen LogP contribution in [0, 0.1) is 5.82 Å². The Hall–Kier alpha value is -1.13. The van der Waals surface area contributed by atoms with Gasteiger partial charge in [0.25, 0.3) is 0 Å². The van der Waals surface area contributed by atoms with Gasteiger partial charge in [0.2, 0.25) is 0 Å². The summed E-state index contributed by atoms with van der Waals surface area (Å²) in [5.41, 5.74) is 0.670. The largest absolute Gasteiger partial charge is 0.508 e. The average molecular weight is 280 g/mol. The number of nitrogens with one attached hydrogen (secondary N) is 1. The smallest absolute Gasteiger partial charge is 0.123 e. The highest BCUT2D eigenvalue weighted by Crippen LogP contribution is 2.33. The predicted molar refractivity (Wildman–Crippen MR) is 79.3 cm³/mol. The quantitative estimate of drug-likeness (QED) is 0.890. The van der Waals surface area contributed by atoms with E-state index < -0.39 is 0 Å². The van der Waals surface area contributed by atoms with E-state index in [1.54, 1.807) is 0 Å². The summed E-state index contributed by atoms with van der Waals surface area (Å²) >= 11 is 0. The second kappa shape index (κ2) is 6.55. The Morgan fingerprint density at radius 3 is 2.55 bits per heavy atom. The zero-order chi connectivity index (χ0) is 14.7. The number of aromatic hydroxyl groups is 1. The van der Waals surface area contributed by atoms with E-state index >= 15 is 0 Å². The van der Waals surface area contributed by atoms with Gasteiger partial charge in [0.15, 0.2) is 0 Å². The molecule has 1 aliphatic carbocycles. The van der Waals surface area contributed by atoms with E-state index in [1.165, 1.54) is 31.0 Å². The monoisotopic (exact) mass is 280 g/mol. The maximum Gasteiger partial charge on any atom is 0.123 e. The molecular weight excluding hydrogens is 255 g/mol. The molecule has 3 nitrogen and oxygen atoms in total. The van der Waals surface area contributed by atoms with Gasteiger partial charge in [-0.1, -0.05) is 0 Å².